The Morgan fingerprint density at radius 2 is 2.11 bits per heavy atom. The average molecular weight is 380 g/mol. The van der Waals surface area contributed by atoms with E-state index >= 15 is 0 Å². The molecule has 2 atom stereocenters. The smallest absolute Gasteiger partial charge is 0.178 e. The second-order valence-electron chi connectivity index (χ2n) is 7.59. The van der Waals surface area contributed by atoms with Crippen molar-refractivity contribution in [3.63, 3.8) is 0 Å². The number of carbonyl (C=O) groups is 1. The van der Waals surface area contributed by atoms with Crippen LogP contribution < -0.4 is 14.2 Å². The molecule has 5 heteroatoms. The number of methoxy groups -OCH3 is 1. The second kappa shape index (κ2) is 6.89. The van der Waals surface area contributed by atoms with Crippen molar-refractivity contribution in [1.29, 1.82) is 0 Å². The first-order valence-corrected chi connectivity index (χ1v) is 9.41. The minimum absolute atomic E-state index is 0.0137. The normalized spacial score (nSPS) is 19.5. The van der Waals surface area contributed by atoms with Crippen LogP contribution in [0.4, 0.5) is 0 Å². The Labute approximate surface area is 164 Å². The number of fused-ring (bicyclic) bond motifs is 4. The highest BCUT2D eigenvalue weighted by Crippen LogP contribution is 2.47. The molecular weight excluding hydrogens is 356 g/mol. The minimum Gasteiger partial charge on any atom is -0.508 e. The van der Waals surface area contributed by atoms with Crippen LogP contribution in [0.3, 0.4) is 0 Å². The van der Waals surface area contributed by atoms with Gasteiger partial charge in [-0.05, 0) is 57.0 Å². The van der Waals surface area contributed by atoms with Crippen molar-refractivity contribution in [2.75, 3.05) is 13.7 Å². The molecule has 1 N–H and O–H groups in total. The zero-order chi connectivity index (χ0) is 20.0. The Morgan fingerprint density at radius 1 is 1.32 bits per heavy atom. The molecule has 2 aromatic rings. The summed E-state index contributed by atoms with van der Waals surface area (Å²) in [4.78, 5) is 13.4. The summed E-state index contributed by atoms with van der Waals surface area (Å²) < 4.78 is 17.6. The van der Waals surface area contributed by atoms with Gasteiger partial charge in [-0.25, -0.2) is 0 Å². The summed E-state index contributed by atoms with van der Waals surface area (Å²) in [6.45, 7) is 6.22. The van der Waals surface area contributed by atoms with Crippen molar-refractivity contribution in [3.8, 4) is 23.0 Å². The molecule has 0 unspecified atom stereocenters. The van der Waals surface area contributed by atoms with Gasteiger partial charge in [0.2, 0.25) is 0 Å². The highest BCUT2D eigenvalue weighted by atomic mass is 16.5. The molecule has 0 fully saturated rings. The number of hydrogen-bond donors (Lipinski definition) is 1. The number of ether oxygens (including phenoxy) is 3. The number of phenols is 1. The number of benzene rings is 2. The number of Topliss-reactive ketones (excluding diaryl/α,β-unsaturated/α-hetero) is 1. The van der Waals surface area contributed by atoms with E-state index in [0.717, 1.165) is 22.4 Å². The number of phenolic OH excluding ortho intramolecular Hbond substituents is 1. The van der Waals surface area contributed by atoms with Crippen LogP contribution in [0.1, 0.15) is 46.8 Å². The molecule has 2 aromatic carbocycles. The van der Waals surface area contributed by atoms with Gasteiger partial charge in [-0.15, -0.1) is 0 Å². The third kappa shape index (κ3) is 2.91. The summed E-state index contributed by atoms with van der Waals surface area (Å²) in [6.07, 6.45) is 2.08. The predicted molar refractivity (Wildman–Crippen MR) is 106 cm³/mol. The molecule has 2 heterocycles. The van der Waals surface area contributed by atoms with Gasteiger partial charge < -0.3 is 19.3 Å². The average Bonchev–Trinajstić information content (AvgIpc) is 2.66. The molecule has 0 spiro atoms. The number of allylic oxidation sites excluding steroid dienone is 2. The first-order valence-electron chi connectivity index (χ1n) is 9.41. The molecule has 5 nitrogen and oxygen atoms in total. The molecule has 0 saturated carbocycles. The molecule has 0 radical (unpaired) electrons. The van der Waals surface area contributed by atoms with Crippen LogP contribution in [0.15, 0.2) is 35.9 Å². The fraction of sp³-hybridized carbons (Fsp3) is 0.348. The van der Waals surface area contributed by atoms with Gasteiger partial charge in [-0.3, -0.25) is 4.79 Å². The van der Waals surface area contributed by atoms with Gasteiger partial charge in [0.25, 0.3) is 0 Å². The van der Waals surface area contributed by atoms with Crippen LogP contribution in [0, 0.1) is 6.92 Å². The van der Waals surface area contributed by atoms with E-state index < -0.39 is 12.0 Å². The quantitative estimate of drug-likeness (QED) is 0.803. The standard InChI is InChI=1S/C23H24O5/c1-12(2)5-6-14-17(24)8-7-15-22(25)21-16-10-18(26-4)13(3)9-19(16)27-11-20(21)28-23(14)15/h5,7-10,20-21,24H,6,11H2,1-4H3/t20-,21+/m1/s1. The van der Waals surface area contributed by atoms with Crippen LogP contribution in [0.25, 0.3) is 0 Å². The van der Waals surface area contributed by atoms with Gasteiger partial charge in [0.1, 0.15) is 35.7 Å². The highest BCUT2D eigenvalue weighted by Gasteiger charge is 2.44. The third-order valence-electron chi connectivity index (χ3n) is 5.40. The number of aryl methyl sites for hydroxylation is 1. The van der Waals surface area contributed by atoms with Gasteiger partial charge in [0.15, 0.2) is 5.78 Å². The number of ketones is 1. The number of carbonyl (C=O) groups excluding carboxylic acids is 1. The maximum absolute atomic E-state index is 13.4. The van der Waals surface area contributed by atoms with E-state index in [9.17, 15) is 9.90 Å². The Hall–Kier alpha value is -2.95. The molecule has 2 aliphatic rings. The van der Waals surface area contributed by atoms with Crippen LogP contribution >= 0.6 is 0 Å². The summed E-state index contributed by atoms with van der Waals surface area (Å²) in [5.41, 5.74) is 4.02. The van der Waals surface area contributed by atoms with Crippen LogP contribution in [0.2, 0.25) is 0 Å². The summed E-state index contributed by atoms with van der Waals surface area (Å²) in [7, 11) is 1.61. The van der Waals surface area contributed by atoms with Gasteiger partial charge in [-0.1, -0.05) is 11.6 Å². The Kier molecular flexibility index (Phi) is 4.53. The first kappa shape index (κ1) is 18.4. The van der Waals surface area contributed by atoms with Crippen molar-refractivity contribution in [2.45, 2.75) is 39.2 Å². The van der Waals surface area contributed by atoms with Crippen molar-refractivity contribution in [2.24, 2.45) is 0 Å². The summed E-state index contributed by atoms with van der Waals surface area (Å²) in [6, 6.07) is 7.00. The zero-order valence-corrected chi connectivity index (χ0v) is 16.5. The largest absolute Gasteiger partial charge is 0.508 e. The SMILES string of the molecule is COc1cc2c(cc1C)OC[C@H]1Oc3c(ccc(O)c3CC=C(C)C)C(=O)[C@@H]21. The lowest BCUT2D eigenvalue weighted by atomic mass is 9.81. The van der Waals surface area contributed by atoms with Gasteiger partial charge in [-0.2, -0.15) is 0 Å². The molecule has 0 bridgehead atoms. The minimum atomic E-state index is -0.452. The Balaban J connectivity index is 1.81. The van der Waals surface area contributed by atoms with Crippen LogP contribution in [-0.2, 0) is 6.42 Å². The molecule has 0 aliphatic carbocycles. The number of hydrogen-bond acceptors (Lipinski definition) is 5. The van der Waals surface area contributed by atoms with E-state index in [0.29, 0.717) is 29.0 Å². The zero-order valence-electron chi connectivity index (χ0n) is 16.5. The van der Waals surface area contributed by atoms with Gasteiger partial charge >= 0.3 is 0 Å². The summed E-state index contributed by atoms with van der Waals surface area (Å²) >= 11 is 0. The van der Waals surface area contributed by atoms with Crippen molar-refractivity contribution < 1.29 is 24.1 Å². The molecule has 2 aliphatic heterocycles. The van der Waals surface area contributed by atoms with E-state index in [1.807, 2.05) is 39.0 Å². The fourth-order valence-corrected chi connectivity index (χ4v) is 3.91. The van der Waals surface area contributed by atoms with E-state index in [1.54, 1.807) is 19.2 Å². The van der Waals surface area contributed by atoms with Crippen molar-refractivity contribution in [1.82, 2.24) is 0 Å². The lowest BCUT2D eigenvalue weighted by Crippen LogP contribution is -2.43. The molecule has 146 valence electrons. The second-order valence-corrected chi connectivity index (χ2v) is 7.59. The van der Waals surface area contributed by atoms with Crippen LogP contribution in [0.5, 0.6) is 23.0 Å². The number of aromatic hydroxyl groups is 1. The van der Waals surface area contributed by atoms with Gasteiger partial charge in [0.05, 0.1) is 18.6 Å². The molecule has 28 heavy (non-hydrogen) atoms. The molecule has 0 saturated heterocycles. The van der Waals surface area contributed by atoms with Crippen LogP contribution in [-0.4, -0.2) is 30.7 Å². The Bertz CT molecular complexity index is 985. The maximum Gasteiger partial charge on any atom is 0.178 e. The van der Waals surface area contributed by atoms with E-state index in [2.05, 4.69) is 0 Å². The van der Waals surface area contributed by atoms with Gasteiger partial charge in [0, 0.05) is 11.1 Å². The molecular formula is C23H24O5. The number of rotatable bonds is 3. The predicted octanol–water partition coefficient (Wildman–Crippen LogP) is 4.34. The molecule has 0 amide bonds. The van der Waals surface area contributed by atoms with E-state index in [1.165, 1.54) is 0 Å². The topological polar surface area (TPSA) is 65.0 Å². The third-order valence-corrected chi connectivity index (χ3v) is 5.40. The van der Waals surface area contributed by atoms with E-state index in [4.69, 9.17) is 14.2 Å². The van der Waals surface area contributed by atoms with Crippen molar-refractivity contribution in [3.05, 3.63) is 58.2 Å². The highest BCUT2D eigenvalue weighted by molar-refractivity contribution is 6.05. The maximum atomic E-state index is 13.4. The molecule has 0 aromatic heterocycles. The lowest BCUT2D eigenvalue weighted by Gasteiger charge is -2.38. The Morgan fingerprint density at radius 3 is 2.82 bits per heavy atom. The van der Waals surface area contributed by atoms with Crippen molar-refractivity contribution >= 4 is 5.78 Å². The summed E-state index contributed by atoms with van der Waals surface area (Å²) in [5.74, 6) is 1.55. The lowest BCUT2D eigenvalue weighted by molar-refractivity contribution is 0.0554. The molecule has 4 rings (SSSR count). The first-order chi connectivity index (χ1) is 13.4. The fourth-order valence-electron chi connectivity index (χ4n) is 3.91. The van der Waals surface area contributed by atoms with E-state index in [-0.39, 0.29) is 18.1 Å². The monoisotopic (exact) mass is 380 g/mol. The summed E-state index contributed by atoms with van der Waals surface area (Å²) in [5, 5.41) is 10.3.